The molecule has 1 nitrogen and oxygen atoms in total. The van der Waals surface area contributed by atoms with Gasteiger partial charge in [-0.05, 0) is 67.1 Å². The molecule has 3 rings (SSSR count). The summed E-state index contributed by atoms with van der Waals surface area (Å²) in [5.41, 5.74) is 4.77. The molecule has 1 saturated carbocycles. The SMILES string of the molecule is CCCCCc1ccc(CC(=O)c2ccc([C@H]3CC[C@H](CCC)CC3)cc2)cc1. The lowest BCUT2D eigenvalue weighted by molar-refractivity contribution is 0.0993. The highest BCUT2D eigenvalue weighted by Gasteiger charge is 2.22. The van der Waals surface area contributed by atoms with Gasteiger partial charge in [-0.3, -0.25) is 4.79 Å². The van der Waals surface area contributed by atoms with E-state index in [0.717, 1.165) is 23.5 Å². The molecule has 0 bridgehead atoms. The Morgan fingerprint density at radius 3 is 2.07 bits per heavy atom. The van der Waals surface area contributed by atoms with E-state index in [9.17, 15) is 4.79 Å². The van der Waals surface area contributed by atoms with E-state index < -0.39 is 0 Å². The van der Waals surface area contributed by atoms with E-state index in [1.165, 1.54) is 68.9 Å². The van der Waals surface area contributed by atoms with Crippen molar-refractivity contribution < 1.29 is 4.79 Å². The number of Topliss-reactive ketones (excluding diaryl/α,β-unsaturated/α-hetero) is 1. The molecule has 1 aliphatic rings. The summed E-state index contributed by atoms with van der Waals surface area (Å²) in [6.45, 7) is 4.53. The van der Waals surface area contributed by atoms with Crippen LogP contribution in [0.15, 0.2) is 48.5 Å². The molecule has 0 heterocycles. The van der Waals surface area contributed by atoms with Crippen LogP contribution in [0.2, 0.25) is 0 Å². The molecule has 0 N–H and O–H groups in total. The van der Waals surface area contributed by atoms with Gasteiger partial charge in [0.2, 0.25) is 0 Å². The zero-order valence-electron chi connectivity index (χ0n) is 18.5. The van der Waals surface area contributed by atoms with Gasteiger partial charge in [0.15, 0.2) is 5.78 Å². The van der Waals surface area contributed by atoms with Crippen LogP contribution in [0.4, 0.5) is 0 Å². The highest BCUT2D eigenvalue weighted by molar-refractivity contribution is 5.97. The molecule has 0 spiro atoms. The molecule has 2 aromatic rings. The molecule has 0 unspecified atom stereocenters. The molecule has 0 atom stereocenters. The first kappa shape index (κ1) is 21.8. The van der Waals surface area contributed by atoms with Crippen molar-refractivity contribution in [2.45, 2.75) is 90.4 Å². The quantitative estimate of drug-likeness (QED) is 0.297. The molecule has 1 heteroatoms. The van der Waals surface area contributed by atoms with Crippen LogP contribution in [0.5, 0.6) is 0 Å². The summed E-state index contributed by atoms with van der Waals surface area (Å²) in [5.74, 6) is 1.85. The van der Waals surface area contributed by atoms with Gasteiger partial charge in [-0.1, -0.05) is 88.1 Å². The monoisotopic (exact) mass is 390 g/mol. The van der Waals surface area contributed by atoms with E-state index in [1.807, 2.05) is 0 Å². The number of aryl methyl sites for hydroxylation is 1. The fraction of sp³-hybridized carbons (Fsp3) is 0.536. The average molecular weight is 391 g/mol. The minimum absolute atomic E-state index is 0.224. The highest BCUT2D eigenvalue weighted by atomic mass is 16.1. The van der Waals surface area contributed by atoms with Gasteiger partial charge in [0.05, 0.1) is 0 Å². The van der Waals surface area contributed by atoms with E-state index in [-0.39, 0.29) is 5.78 Å². The van der Waals surface area contributed by atoms with Crippen LogP contribution in [0.1, 0.15) is 105 Å². The second-order valence-corrected chi connectivity index (χ2v) is 9.00. The van der Waals surface area contributed by atoms with Crippen molar-refractivity contribution in [2.75, 3.05) is 0 Å². The summed E-state index contributed by atoms with van der Waals surface area (Å²) in [6.07, 6.45) is 13.5. The Morgan fingerprint density at radius 2 is 1.45 bits per heavy atom. The van der Waals surface area contributed by atoms with Gasteiger partial charge in [0.25, 0.3) is 0 Å². The lowest BCUT2D eigenvalue weighted by atomic mass is 9.77. The number of carbonyl (C=O) groups is 1. The Balaban J connectivity index is 1.51. The first-order valence-electron chi connectivity index (χ1n) is 11.9. The predicted octanol–water partition coefficient (Wildman–Crippen LogP) is 7.92. The van der Waals surface area contributed by atoms with Crippen molar-refractivity contribution >= 4 is 5.78 Å². The van der Waals surface area contributed by atoms with Crippen LogP contribution in [0.3, 0.4) is 0 Å². The smallest absolute Gasteiger partial charge is 0.167 e. The number of hydrogen-bond donors (Lipinski definition) is 0. The molecule has 0 aliphatic heterocycles. The maximum atomic E-state index is 12.7. The summed E-state index contributed by atoms with van der Waals surface area (Å²) < 4.78 is 0. The number of ketones is 1. The van der Waals surface area contributed by atoms with Gasteiger partial charge in [0.1, 0.15) is 0 Å². The van der Waals surface area contributed by atoms with Crippen LogP contribution >= 0.6 is 0 Å². The molecule has 156 valence electrons. The Labute approximate surface area is 177 Å². The molecule has 1 fully saturated rings. The Morgan fingerprint density at radius 1 is 0.793 bits per heavy atom. The van der Waals surface area contributed by atoms with E-state index in [4.69, 9.17) is 0 Å². The van der Waals surface area contributed by atoms with Crippen LogP contribution in [-0.2, 0) is 12.8 Å². The van der Waals surface area contributed by atoms with Crippen LogP contribution < -0.4 is 0 Å². The van der Waals surface area contributed by atoms with E-state index in [2.05, 4.69) is 62.4 Å². The largest absolute Gasteiger partial charge is 0.294 e. The summed E-state index contributed by atoms with van der Waals surface area (Å²) in [5, 5.41) is 0. The predicted molar refractivity (Wildman–Crippen MR) is 124 cm³/mol. The number of benzene rings is 2. The van der Waals surface area contributed by atoms with Crippen LogP contribution in [-0.4, -0.2) is 5.78 Å². The summed E-state index contributed by atoms with van der Waals surface area (Å²) >= 11 is 0. The molecule has 29 heavy (non-hydrogen) atoms. The highest BCUT2D eigenvalue weighted by Crippen LogP contribution is 2.37. The zero-order valence-corrected chi connectivity index (χ0v) is 18.5. The van der Waals surface area contributed by atoms with Gasteiger partial charge in [-0.15, -0.1) is 0 Å². The molecule has 2 aromatic carbocycles. The third-order valence-electron chi connectivity index (χ3n) is 6.70. The first-order valence-corrected chi connectivity index (χ1v) is 11.9. The standard InChI is InChI=1S/C28H38O/c1-3-5-6-8-23-9-11-24(12-10-23)21-28(29)27-19-17-26(18-20-27)25-15-13-22(7-4-2)14-16-25/h9-12,17-20,22,25H,3-8,13-16,21H2,1-2H3/t22-,25-. The van der Waals surface area contributed by atoms with Crippen molar-refractivity contribution in [3.8, 4) is 0 Å². The van der Waals surface area contributed by atoms with E-state index in [0.29, 0.717) is 12.3 Å². The summed E-state index contributed by atoms with van der Waals surface area (Å²) in [7, 11) is 0. The molecule has 1 aliphatic carbocycles. The topological polar surface area (TPSA) is 17.1 Å². The maximum Gasteiger partial charge on any atom is 0.167 e. The number of hydrogen-bond acceptors (Lipinski definition) is 1. The fourth-order valence-electron chi connectivity index (χ4n) is 4.82. The fourth-order valence-corrected chi connectivity index (χ4v) is 4.82. The van der Waals surface area contributed by atoms with Gasteiger partial charge in [-0.25, -0.2) is 0 Å². The number of unbranched alkanes of at least 4 members (excludes halogenated alkanes) is 2. The van der Waals surface area contributed by atoms with Gasteiger partial charge in [-0.2, -0.15) is 0 Å². The van der Waals surface area contributed by atoms with Gasteiger partial charge in [0, 0.05) is 12.0 Å². The Kier molecular flexibility index (Phi) is 8.52. The molecular formula is C28H38O. The van der Waals surface area contributed by atoms with E-state index in [1.54, 1.807) is 0 Å². The van der Waals surface area contributed by atoms with Gasteiger partial charge < -0.3 is 0 Å². The molecule has 0 amide bonds. The van der Waals surface area contributed by atoms with Crippen LogP contribution in [0, 0.1) is 5.92 Å². The Hall–Kier alpha value is -1.89. The molecular weight excluding hydrogens is 352 g/mol. The third kappa shape index (κ3) is 6.56. The second-order valence-electron chi connectivity index (χ2n) is 9.00. The summed E-state index contributed by atoms with van der Waals surface area (Å²) in [6, 6.07) is 17.1. The second kappa shape index (κ2) is 11.3. The summed E-state index contributed by atoms with van der Waals surface area (Å²) in [4.78, 5) is 12.7. The minimum atomic E-state index is 0.224. The molecule has 0 saturated heterocycles. The zero-order chi connectivity index (χ0) is 20.5. The number of rotatable bonds is 10. The Bertz CT molecular complexity index is 733. The van der Waals surface area contributed by atoms with Crippen molar-refractivity contribution in [1.82, 2.24) is 0 Å². The first-order chi connectivity index (χ1) is 14.2. The van der Waals surface area contributed by atoms with Crippen molar-refractivity contribution in [1.29, 1.82) is 0 Å². The van der Waals surface area contributed by atoms with Crippen molar-refractivity contribution in [3.63, 3.8) is 0 Å². The molecule has 0 radical (unpaired) electrons. The van der Waals surface area contributed by atoms with Crippen molar-refractivity contribution in [2.24, 2.45) is 5.92 Å². The lowest BCUT2D eigenvalue weighted by Gasteiger charge is -2.28. The van der Waals surface area contributed by atoms with Gasteiger partial charge >= 0.3 is 0 Å². The van der Waals surface area contributed by atoms with E-state index >= 15 is 0 Å². The van der Waals surface area contributed by atoms with Crippen molar-refractivity contribution in [3.05, 3.63) is 70.8 Å². The normalized spacial score (nSPS) is 19.2. The average Bonchev–Trinajstić information content (AvgIpc) is 2.76. The molecule has 0 aromatic heterocycles. The number of carbonyl (C=O) groups excluding carboxylic acids is 1. The van der Waals surface area contributed by atoms with Crippen LogP contribution in [0.25, 0.3) is 0 Å². The lowest BCUT2D eigenvalue weighted by Crippen LogP contribution is -2.13. The minimum Gasteiger partial charge on any atom is -0.294 e. The maximum absolute atomic E-state index is 12.7. The third-order valence-corrected chi connectivity index (χ3v) is 6.70.